The summed E-state index contributed by atoms with van der Waals surface area (Å²) in [6, 6.07) is 4.14. The predicted molar refractivity (Wildman–Crippen MR) is 63.2 cm³/mol. The lowest BCUT2D eigenvalue weighted by molar-refractivity contribution is 0.0692. The van der Waals surface area contributed by atoms with Gasteiger partial charge < -0.3 is 9.84 Å². The molecule has 0 aliphatic rings. The van der Waals surface area contributed by atoms with Crippen molar-refractivity contribution in [3.8, 4) is 11.6 Å². The Morgan fingerprint density at radius 3 is 2.89 bits per heavy atom. The molecule has 1 heterocycles. The second kappa shape index (κ2) is 5.09. The summed E-state index contributed by atoms with van der Waals surface area (Å²) >= 11 is 3.10. The van der Waals surface area contributed by atoms with Crippen molar-refractivity contribution < 1.29 is 19.0 Å². The lowest BCUT2D eigenvalue weighted by Gasteiger charge is -2.07. The van der Waals surface area contributed by atoms with Crippen LogP contribution in [0.1, 0.15) is 10.4 Å². The van der Waals surface area contributed by atoms with E-state index < -0.39 is 11.8 Å². The maximum absolute atomic E-state index is 13.5. The highest BCUT2D eigenvalue weighted by Gasteiger charge is 2.15. The summed E-state index contributed by atoms with van der Waals surface area (Å²) in [5.74, 6) is -2.19. The second-order valence-electron chi connectivity index (χ2n) is 3.22. The number of benzene rings is 1. The molecular formula is C11H6BrFN2O3. The minimum absolute atomic E-state index is 0.112. The van der Waals surface area contributed by atoms with Crippen LogP contribution >= 0.6 is 15.9 Å². The van der Waals surface area contributed by atoms with Gasteiger partial charge in [0.1, 0.15) is 11.9 Å². The summed E-state index contributed by atoms with van der Waals surface area (Å²) in [7, 11) is 0. The average molecular weight is 313 g/mol. The molecule has 0 radical (unpaired) electrons. The van der Waals surface area contributed by atoms with E-state index in [4.69, 9.17) is 9.84 Å². The van der Waals surface area contributed by atoms with Gasteiger partial charge in [-0.25, -0.2) is 19.2 Å². The van der Waals surface area contributed by atoms with E-state index in [0.717, 1.165) is 12.5 Å². The number of rotatable bonds is 3. The molecule has 0 fully saturated rings. The van der Waals surface area contributed by atoms with Crippen LogP contribution in [0, 0.1) is 5.82 Å². The minimum Gasteiger partial charge on any atom is -0.477 e. The molecular weight excluding hydrogens is 307 g/mol. The van der Waals surface area contributed by atoms with Crippen molar-refractivity contribution in [2.75, 3.05) is 0 Å². The average Bonchev–Trinajstić information content (AvgIpc) is 2.33. The molecule has 2 rings (SSSR count). The van der Waals surface area contributed by atoms with E-state index in [1.807, 2.05) is 0 Å². The van der Waals surface area contributed by atoms with Gasteiger partial charge in [-0.05, 0) is 18.2 Å². The molecule has 0 bridgehead atoms. The Labute approximate surface area is 109 Å². The highest BCUT2D eigenvalue weighted by Crippen LogP contribution is 2.27. The number of carboxylic acids is 1. The van der Waals surface area contributed by atoms with E-state index in [2.05, 4.69) is 25.9 Å². The monoisotopic (exact) mass is 312 g/mol. The molecule has 0 spiro atoms. The van der Waals surface area contributed by atoms with Gasteiger partial charge in [0.05, 0.1) is 0 Å². The third kappa shape index (κ3) is 2.62. The number of halogens is 2. The molecule has 0 saturated heterocycles. The number of aromatic nitrogens is 2. The highest BCUT2D eigenvalue weighted by molar-refractivity contribution is 9.10. The molecule has 7 heteroatoms. The largest absolute Gasteiger partial charge is 0.477 e. The third-order valence-corrected chi connectivity index (χ3v) is 2.50. The van der Waals surface area contributed by atoms with E-state index in [9.17, 15) is 9.18 Å². The number of ether oxygens (including phenoxy) is 1. The van der Waals surface area contributed by atoms with E-state index in [0.29, 0.717) is 4.47 Å². The smallest absolute Gasteiger partial charge is 0.342 e. The van der Waals surface area contributed by atoms with Crippen LogP contribution in [0.4, 0.5) is 4.39 Å². The van der Waals surface area contributed by atoms with E-state index in [-0.39, 0.29) is 17.2 Å². The van der Waals surface area contributed by atoms with Crippen LogP contribution < -0.4 is 4.74 Å². The topological polar surface area (TPSA) is 72.3 Å². The van der Waals surface area contributed by atoms with Crippen LogP contribution in [-0.2, 0) is 0 Å². The van der Waals surface area contributed by atoms with Gasteiger partial charge in [0.25, 0.3) is 0 Å². The van der Waals surface area contributed by atoms with Crippen molar-refractivity contribution >= 4 is 21.9 Å². The van der Waals surface area contributed by atoms with Crippen molar-refractivity contribution in [3.05, 3.63) is 46.6 Å². The second-order valence-corrected chi connectivity index (χ2v) is 4.14. The molecule has 0 amide bonds. The molecule has 1 aromatic carbocycles. The van der Waals surface area contributed by atoms with E-state index in [1.165, 1.54) is 12.1 Å². The van der Waals surface area contributed by atoms with Crippen LogP contribution in [0.25, 0.3) is 0 Å². The zero-order valence-electron chi connectivity index (χ0n) is 8.80. The number of hydrogen-bond donors (Lipinski definition) is 1. The first kappa shape index (κ1) is 12.4. The summed E-state index contributed by atoms with van der Waals surface area (Å²) < 4.78 is 19.2. The molecule has 0 atom stereocenters. The first-order valence-corrected chi connectivity index (χ1v) is 5.53. The highest BCUT2D eigenvalue weighted by atomic mass is 79.9. The van der Waals surface area contributed by atoms with E-state index in [1.54, 1.807) is 6.07 Å². The summed E-state index contributed by atoms with van der Waals surface area (Å²) in [6.07, 6.45) is 2.21. The fraction of sp³-hybridized carbons (Fsp3) is 0. The summed E-state index contributed by atoms with van der Waals surface area (Å²) in [5.41, 5.74) is -0.236. The molecule has 2 aromatic rings. The Bertz CT molecular complexity index is 607. The fourth-order valence-corrected chi connectivity index (χ4v) is 1.54. The molecule has 1 N–H and O–H groups in total. The fourth-order valence-electron chi connectivity index (χ4n) is 1.21. The van der Waals surface area contributed by atoms with Crippen LogP contribution in [-0.4, -0.2) is 21.0 Å². The van der Waals surface area contributed by atoms with Crippen LogP contribution in [0.3, 0.4) is 0 Å². The number of nitrogens with zero attached hydrogens (tertiary/aromatic N) is 2. The molecule has 5 nitrogen and oxygen atoms in total. The van der Waals surface area contributed by atoms with Gasteiger partial charge in [-0.3, -0.25) is 0 Å². The third-order valence-electron chi connectivity index (χ3n) is 2.01. The van der Waals surface area contributed by atoms with Crippen LogP contribution in [0.15, 0.2) is 35.2 Å². The number of carboxylic acid groups (broad SMARTS) is 1. The van der Waals surface area contributed by atoms with Crippen molar-refractivity contribution in [1.29, 1.82) is 0 Å². The maximum atomic E-state index is 13.5. The molecule has 0 unspecified atom stereocenters. The standard InChI is InChI=1S/C11H6BrFN2O3/c12-6-1-2-9(8(13)3-6)18-10-7(11(16)17)4-14-5-15-10/h1-5H,(H,16,17). The Kier molecular flexibility index (Phi) is 3.52. The summed E-state index contributed by atoms with van der Waals surface area (Å²) in [4.78, 5) is 18.1. The minimum atomic E-state index is -1.25. The van der Waals surface area contributed by atoms with Gasteiger partial charge in [0.15, 0.2) is 11.6 Å². The van der Waals surface area contributed by atoms with Gasteiger partial charge in [-0.1, -0.05) is 15.9 Å². The molecule has 0 aliphatic carbocycles. The van der Waals surface area contributed by atoms with Crippen molar-refractivity contribution in [2.24, 2.45) is 0 Å². The first-order chi connectivity index (χ1) is 8.58. The zero-order valence-corrected chi connectivity index (χ0v) is 10.4. The normalized spacial score (nSPS) is 10.1. The predicted octanol–water partition coefficient (Wildman–Crippen LogP) is 2.87. The first-order valence-electron chi connectivity index (χ1n) is 4.74. The Morgan fingerprint density at radius 2 is 2.22 bits per heavy atom. The summed E-state index contributed by atoms with van der Waals surface area (Å²) in [6.45, 7) is 0. The van der Waals surface area contributed by atoms with Gasteiger partial charge >= 0.3 is 5.97 Å². The number of aromatic carboxylic acids is 1. The quantitative estimate of drug-likeness (QED) is 0.943. The van der Waals surface area contributed by atoms with Gasteiger partial charge in [-0.15, -0.1) is 0 Å². The lowest BCUT2D eigenvalue weighted by Crippen LogP contribution is -2.03. The van der Waals surface area contributed by atoms with Crippen molar-refractivity contribution in [1.82, 2.24) is 9.97 Å². The zero-order chi connectivity index (χ0) is 13.1. The molecule has 0 aliphatic heterocycles. The molecule has 0 saturated carbocycles. The van der Waals surface area contributed by atoms with Gasteiger partial charge in [-0.2, -0.15) is 0 Å². The number of hydrogen-bond acceptors (Lipinski definition) is 4. The Balaban J connectivity index is 2.37. The Morgan fingerprint density at radius 1 is 1.44 bits per heavy atom. The number of carbonyl (C=O) groups is 1. The van der Waals surface area contributed by atoms with Crippen LogP contribution in [0.5, 0.6) is 11.6 Å². The SMILES string of the molecule is O=C(O)c1cncnc1Oc1ccc(Br)cc1F. The van der Waals surface area contributed by atoms with Gasteiger partial charge in [0.2, 0.25) is 5.88 Å². The van der Waals surface area contributed by atoms with Crippen molar-refractivity contribution in [3.63, 3.8) is 0 Å². The van der Waals surface area contributed by atoms with Crippen LogP contribution in [0.2, 0.25) is 0 Å². The van der Waals surface area contributed by atoms with E-state index >= 15 is 0 Å². The van der Waals surface area contributed by atoms with Gasteiger partial charge in [0, 0.05) is 10.7 Å². The molecule has 1 aromatic heterocycles. The maximum Gasteiger partial charge on any atom is 0.342 e. The van der Waals surface area contributed by atoms with Crippen molar-refractivity contribution in [2.45, 2.75) is 0 Å². The molecule has 92 valence electrons. The lowest BCUT2D eigenvalue weighted by atomic mass is 10.3. The summed E-state index contributed by atoms with van der Waals surface area (Å²) in [5, 5.41) is 8.90. The Hall–Kier alpha value is -2.02. The molecule has 18 heavy (non-hydrogen) atoms.